The minimum absolute atomic E-state index is 0.0327. The average Bonchev–Trinajstić information content (AvgIpc) is 2.91. The Bertz CT molecular complexity index is 886. The highest BCUT2D eigenvalue weighted by atomic mass is 32.2. The Morgan fingerprint density at radius 2 is 1.84 bits per heavy atom. The Kier molecular flexibility index (Phi) is 4.99. The lowest BCUT2D eigenvalue weighted by molar-refractivity contribution is -0.115. The van der Waals surface area contributed by atoms with E-state index in [1.807, 2.05) is 86.1 Å². The molecule has 1 aromatic heterocycles. The van der Waals surface area contributed by atoms with Crippen molar-refractivity contribution in [3.8, 4) is 0 Å². The molecule has 0 aliphatic rings. The Hall–Kier alpha value is -2.47. The third-order valence-electron chi connectivity index (χ3n) is 4.05. The molecule has 25 heavy (non-hydrogen) atoms. The number of hydrogen-bond acceptors (Lipinski definition) is 4. The lowest BCUT2D eigenvalue weighted by Crippen LogP contribution is -2.22. The van der Waals surface area contributed by atoms with Crippen molar-refractivity contribution in [2.75, 3.05) is 24.3 Å². The van der Waals surface area contributed by atoms with E-state index < -0.39 is 0 Å². The zero-order valence-corrected chi connectivity index (χ0v) is 15.7. The van der Waals surface area contributed by atoms with E-state index in [1.54, 1.807) is 0 Å². The average molecular weight is 354 g/mol. The molecule has 3 aromatic rings. The van der Waals surface area contributed by atoms with Crippen molar-refractivity contribution in [1.29, 1.82) is 0 Å². The molecule has 0 radical (unpaired) electrons. The predicted octanol–water partition coefficient (Wildman–Crippen LogP) is 3.76. The minimum atomic E-state index is -0.246. The summed E-state index contributed by atoms with van der Waals surface area (Å²) in [5.41, 5.74) is 3.91. The van der Waals surface area contributed by atoms with Crippen LogP contribution in [0.1, 0.15) is 6.92 Å². The van der Waals surface area contributed by atoms with E-state index in [-0.39, 0.29) is 11.2 Å². The second kappa shape index (κ2) is 7.19. The topological polar surface area (TPSA) is 50.2 Å². The van der Waals surface area contributed by atoms with Crippen molar-refractivity contribution < 1.29 is 4.79 Å². The van der Waals surface area contributed by atoms with Crippen molar-refractivity contribution in [3.05, 3.63) is 48.5 Å². The fourth-order valence-corrected chi connectivity index (χ4v) is 3.42. The Morgan fingerprint density at radius 1 is 1.16 bits per heavy atom. The van der Waals surface area contributed by atoms with E-state index in [9.17, 15) is 4.79 Å². The number of para-hydroxylation sites is 2. The first kappa shape index (κ1) is 17.4. The van der Waals surface area contributed by atoms with Gasteiger partial charge >= 0.3 is 0 Å². The van der Waals surface area contributed by atoms with Gasteiger partial charge in [0.2, 0.25) is 5.91 Å². The maximum atomic E-state index is 12.5. The normalized spacial score (nSPS) is 12.2. The van der Waals surface area contributed by atoms with E-state index in [4.69, 9.17) is 0 Å². The molecule has 0 aliphatic carbocycles. The molecule has 0 saturated carbocycles. The number of anilines is 2. The number of imidazole rings is 1. The number of benzene rings is 2. The molecule has 2 aromatic carbocycles. The van der Waals surface area contributed by atoms with E-state index in [2.05, 4.69) is 10.3 Å². The highest BCUT2D eigenvalue weighted by Crippen LogP contribution is 2.27. The summed E-state index contributed by atoms with van der Waals surface area (Å²) in [7, 11) is 5.95. The summed E-state index contributed by atoms with van der Waals surface area (Å²) in [6.45, 7) is 1.90. The lowest BCUT2D eigenvalue weighted by atomic mass is 10.2. The quantitative estimate of drug-likeness (QED) is 0.709. The lowest BCUT2D eigenvalue weighted by Gasteiger charge is -2.14. The highest BCUT2D eigenvalue weighted by Gasteiger charge is 2.18. The van der Waals surface area contributed by atoms with Crippen LogP contribution in [0.3, 0.4) is 0 Å². The van der Waals surface area contributed by atoms with E-state index in [0.29, 0.717) is 0 Å². The zero-order valence-electron chi connectivity index (χ0n) is 14.9. The van der Waals surface area contributed by atoms with Crippen LogP contribution >= 0.6 is 11.8 Å². The van der Waals surface area contributed by atoms with Gasteiger partial charge < -0.3 is 14.8 Å². The molecular weight excluding hydrogens is 332 g/mol. The number of rotatable bonds is 5. The number of hydrogen-bond donors (Lipinski definition) is 1. The SMILES string of the molecule is CC(Sc1nc2ccccc2n1C)C(=O)Nc1ccc(N(C)C)cc1. The largest absolute Gasteiger partial charge is 0.378 e. The number of carbonyl (C=O) groups excluding carboxylic acids is 1. The third-order valence-corrected chi connectivity index (χ3v) is 5.19. The minimum Gasteiger partial charge on any atom is -0.378 e. The number of fused-ring (bicyclic) bond motifs is 1. The summed E-state index contributed by atoms with van der Waals surface area (Å²) >= 11 is 1.46. The van der Waals surface area contributed by atoms with Gasteiger partial charge in [-0.25, -0.2) is 4.98 Å². The van der Waals surface area contributed by atoms with Gasteiger partial charge in [0.15, 0.2) is 5.16 Å². The maximum absolute atomic E-state index is 12.5. The number of nitrogens with one attached hydrogen (secondary N) is 1. The monoisotopic (exact) mass is 354 g/mol. The standard InChI is InChI=1S/C19H22N4OS/c1-13(18(24)20-14-9-11-15(12-10-14)22(2)3)25-19-21-16-7-5-6-8-17(16)23(19)4/h5-13H,1-4H3,(H,20,24). The van der Waals surface area contributed by atoms with Crippen LogP contribution in [0.15, 0.2) is 53.7 Å². The molecule has 1 unspecified atom stereocenters. The number of nitrogens with zero attached hydrogens (tertiary/aromatic N) is 3. The van der Waals surface area contributed by atoms with Crippen LogP contribution in [0.25, 0.3) is 11.0 Å². The van der Waals surface area contributed by atoms with E-state index in [0.717, 1.165) is 27.6 Å². The van der Waals surface area contributed by atoms with Crippen LogP contribution in [0.2, 0.25) is 0 Å². The molecule has 130 valence electrons. The van der Waals surface area contributed by atoms with Crippen LogP contribution in [-0.2, 0) is 11.8 Å². The summed E-state index contributed by atoms with van der Waals surface area (Å²) in [5.74, 6) is -0.0327. The third kappa shape index (κ3) is 3.79. The first-order valence-corrected chi connectivity index (χ1v) is 9.00. The summed E-state index contributed by atoms with van der Waals surface area (Å²) in [6.07, 6.45) is 0. The molecule has 0 fully saturated rings. The van der Waals surface area contributed by atoms with Gasteiger partial charge in [0.1, 0.15) is 0 Å². The summed E-state index contributed by atoms with van der Waals surface area (Å²) < 4.78 is 2.02. The van der Waals surface area contributed by atoms with Crippen molar-refractivity contribution in [1.82, 2.24) is 9.55 Å². The van der Waals surface area contributed by atoms with Gasteiger partial charge in [0.25, 0.3) is 0 Å². The van der Waals surface area contributed by atoms with Gasteiger partial charge in [-0.2, -0.15) is 0 Å². The second-order valence-corrected chi connectivity index (χ2v) is 7.44. The summed E-state index contributed by atoms with van der Waals surface area (Å²) in [5, 5.41) is 3.56. The Labute approximate surface area is 152 Å². The van der Waals surface area contributed by atoms with Crippen molar-refractivity contribution >= 4 is 40.1 Å². The van der Waals surface area contributed by atoms with Crippen molar-refractivity contribution in [2.45, 2.75) is 17.3 Å². The predicted molar refractivity (Wildman–Crippen MR) is 105 cm³/mol. The Balaban J connectivity index is 1.68. The van der Waals surface area contributed by atoms with Crippen LogP contribution in [-0.4, -0.2) is 34.8 Å². The molecule has 1 heterocycles. The fourth-order valence-electron chi connectivity index (χ4n) is 2.53. The zero-order chi connectivity index (χ0) is 18.0. The number of carbonyl (C=O) groups is 1. The molecule has 1 N–H and O–H groups in total. The fraction of sp³-hybridized carbons (Fsp3) is 0.263. The molecule has 0 saturated heterocycles. The van der Waals surface area contributed by atoms with Gasteiger partial charge in [0.05, 0.1) is 16.3 Å². The molecular formula is C19H22N4OS. The van der Waals surface area contributed by atoms with Gasteiger partial charge in [-0.05, 0) is 43.3 Å². The summed E-state index contributed by atoms with van der Waals surface area (Å²) in [4.78, 5) is 19.1. The van der Waals surface area contributed by atoms with Gasteiger partial charge in [0, 0.05) is 32.5 Å². The molecule has 0 aliphatic heterocycles. The van der Waals surface area contributed by atoms with Gasteiger partial charge in [-0.3, -0.25) is 4.79 Å². The van der Waals surface area contributed by atoms with Crippen LogP contribution in [0, 0.1) is 0 Å². The van der Waals surface area contributed by atoms with Crippen molar-refractivity contribution in [2.24, 2.45) is 7.05 Å². The van der Waals surface area contributed by atoms with Gasteiger partial charge in [-0.1, -0.05) is 23.9 Å². The molecule has 1 amide bonds. The summed E-state index contributed by atoms with van der Waals surface area (Å²) in [6, 6.07) is 15.8. The maximum Gasteiger partial charge on any atom is 0.237 e. The number of aromatic nitrogens is 2. The second-order valence-electron chi connectivity index (χ2n) is 6.13. The number of thioether (sulfide) groups is 1. The van der Waals surface area contributed by atoms with Gasteiger partial charge in [-0.15, -0.1) is 0 Å². The molecule has 1 atom stereocenters. The molecule has 0 bridgehead atoms. The van der Waals surface area contributed by atoms with E-state index in [1.165, 1.54) is 11.8 Å². The Morgan fingerprint density at radius 3 is 2.48 bits per heavy atom. The van der Waals surface area contributed by atoms with Crippen LogP contribution < -0.4 is 10.2 Å². The van der Waals surface area contributed by atoms with Crippen LogP contribution in [0.4, 0.5) is 11.4 Å². The highest BCUT2D eigenvalue weighted by molar-refractivity contribution is 8.00. The number of aryl methyl sites for hydroxylation is 1. The smallest absolute Gasteiger partial charge is 0.237 e. The first-order chi connectivity index (χ1) is 12.0. The molecule has 0 spiro atoms. The van der Waals surface area contributed by atoms with E-state index >= 15 is 0 Å². The number of amides is 1. The molecule has 5 nitrogen and oxygen atoms in total. The van der Waals surface area contributed by atoms with Crippen molar-refractivity contribution in [3.63, 3.8) is 0 Å². The first-order valence-electron chi connectivity index (χ1n) is 8.12. The molecule has 3 rings (SSSR count). The molecule has 6 heteroatoms. The van der Waals surface area contributed by atoms with Crippen LogP contribution in [0.5, 0.6) is 0 Å².